The summed E-state index contributed by atoms with van der Waals surface area (Å²) in [5.74, 6) is 0. The summed E-state index contributed by atoms with van der Waals surface area (Å²) in [5.41, 5.74) is 1.44. The highest BCUT2D eigenvalue weighted by Gasteiger charge is 2.17. The van der Waals surface area contributed by atoms with Crippen LogP contribution in [0.4, 0.5) is 5.69 Å². The van der Waals surface area contributed by atoms with Crippen molar-refractivity contribution >= 4 is 17.3 Å². The summed E-state index contributed by atoms with van der Waals surface area (Å²) < 4.78 is 0. The number of nitriles is 1. The number of aliphatic hydroxyl groups excluding tert-OH is 1. The Bertz CT molecular complexity index is 424. The fourth-order valence-electron chi connectivity index (χ4n) is 2.15. The molecule has 3 nitrogen and oxygen atoms in total. The monoisotopic (exact) mass is 266 g/mol. The number of hydrogen-bond acceptors (Lipinski definition) is 3. The molecular weight excluding hydrogens is 248 g/mol. The van der Waals surface area contributed by atoms with Crippen LogP contribution in [0.15, 0.2) is 18.2 Å². The maximum absolute atomic E-state index is 9.19. The van der Waals surface area contributed by atoms with Crippen molar-refractivity contribution in [1.82, 2.24) is 0 Å². The van der Waals surface area contributed by atoms with Crippen LogP contribution in [-0.2, 0) is 0 Å². The molecule has 0 saturated heterocycles. The quantitative estimate of drug-likeness (QED) is 0.860. The number of benzene rings is 1. The predicted molar refractivity (Wildman–Crippen MR) is 75.0 cm³/mol. The van der Waals surface area contributed by atoms with Gasteiger partial charge >= 0.3 is 0 Å². The van der Waals surface area contributed by atoms with Gasteiger partial charge in [-0.25, -0.2) is 0 Å². The van der Waals surface area contributed by atoms with Crippen molar-refractivity contribution in [2.75, 3.05) is 18.1 Å². The van der Waals surface area contributed by atoms with Gasteiger partial charge in [0.05, 0.1) is 28.9 Å². The first-order chi connectivity index (χ1) is 8.67. The van der Waals surface area contributed by atoms with E-state index >= 15 is 0 Å². The van der Waals surface area contributed by atoms with Gasteiger partial charge in [-0.1, -0.05) is 25.4 Å². The van der Waals surface area contributed by atoms with E-state index in [0.717, 1.165) is 18.5 Å². The van der Waals surface area contributed by atoms with Gasteiger partial charge in [0.25, 0.3) is 0 Å². The Labute approximate surface area is 114 Å². The minimum atomic E-state index is 0.0901. The molecule has 4 heteroatoms. The molecule has 0 aliphatic carbocycles. The Morgan fingerprint density at radius 2 is 2.06 bits per heavy atom. The SMILES string of the molecule is CCC(CC)N(CCO)c1ccc(C#N)cc1Cl. The maximum atomic E-state index is 9.19. The van der Waals surface area contributed by atoms with Crippen LogP contribution in [0.25, 0.3) is 0 Å². The van der Waals surface area contributed by atoms with Gasteiger partial charge in [-0.2, -0.15) is 5.26 Å². The molecule has 0 saturated carbocycles. The van der Waals surface area contributed by atoms with E-state index in [1.807, 2.05) is 6.07 Å². The number of rotatable bonds is 6. The summed E-state index contributed by atoms with van der Waals surface area (Å²) in [7, 11) is 0. The first kappa shape index (κ1) is 14.8. The van der Waals surface area contributed by atoms with E-state index < -0.39 is 0 Å². The first-order valence-corrected chi connectivity index (χ1v) is 6.62. The summed E-state index contributed by atoms with van der Waals surface area (Å²) >= 11 is 6.22. The van der Waals surface area contributed by atoms with Gasteiger partial charge in [0.2, 0.25) is 0 Å². The van der Waals surface area contributed by atoms with E-state index in [-0.39, 0.29) is 6.61 Å². The minimum Gasteiger partial charge on any atom is -0.395 e. The molecule has 1 aromatic rings. The summed E-state index contributed by atoms with van der Waals surface area (Å²) in [4.78, 5) is 2.11. The van der Waals surface area contributed by atoms with Crippen molar-refractivity contribution in [1.29, 1.82) is 5.26 Å². The summed E-state index contributed by atoms with van der Waals surface area (Å²) in [6, 6.07) is 7.70. The molecule has 1 rings (SSSR count). The lowest BCUT2D eigenvalue weighted by atomic mass is 10.1. The van der Waals surface area contributed by atoms with E-state index in [4.69, 9.17) is 16.9 Å². The van der Waals surface area contributed by atoms with Gasteiger partial charge in [-0.15, -0.1) is 0 Å². The van der Waals surface area contributed by atoms with Gasteiger partial charge < -0.3 is 10.0 Å². The second-order valence-electron chi connectivity index (χ2n) is 4.17. The third-order valence-corrected chi connectivity index (χ3v) is 3.41. The zero-order valence-electron chi connectivity index (χ0n) is 10.9. The fourth-order valence-corrected chi connectivity index (χ4v) is 2.44. The van der Waals surface area contributed by atoms with E-state index in [1.165, 1.54) is 0 Å². The molecule has 0 aliphatic rings. The Hall–Kier alpha value is -1.24. The van der Waals surface area contributed by atoms with E-state index in [9.17, 15) is 5.11 Å². The van der Waals surface area contributed by atoms with Crippen molar-refractivity contribution < 1.29 is 5.11 Å². The molecule has 0 amide bonds. The molecule has 1 aromatic carbocycles. The molecule has 0 heterocycles. The molecule has 0 aromatic heterocycles. The highest BCUT2D eigenvalue weighted by molar-refractivity contribution is 6.33. The summed E-state index contributed by atoms with van der Waals surface area (Å²) in [6.45, 7) is 4.89. The van der Waals surface area contributed by atoms with E-state index in [1.54, 1.807) is 12.1 Å². The summed E-state index contributed by atoms with van der Waals surface area (Å²) in [5, 5.41) is 18.6. The van der Waals surface area contributed by atoms with E-state index in [0.29, 0.717) is 23.2 Å². The molecule has 1 N–H and O–H groups in total. The van der Waals surface area contributed by atoms with Crippen LogP contribution in [0.1, 0.15) is 32.3 Å². The van der Waals surface area contributed by atoms with Crippen LogP contribution in [0.5, 0.6) is 0 Å². The third-order valence-electron chi connectivity index (χ3n) is 3.11. The number of hydrogen-bond donors (Lipinski definition) is 1. The maximum Gasteiger partial charge on any atom is 0.0992 e. The molecule has 0 bridgehead atoms. The van der Waals surface area contributed by atoms with Crippen LogP contribution in [0.2, 0.25) is 5.02 Å². The minimum absolute atomic E-state index is 0.0901. The molecule has 0 aliphatic heterocycles. The normalized spacial score (nSPS) is 10.4. The lowest BCUT2D eigenvalue weighted by Gasteiger charge is -2.32. The van der Waals surface area contributed by atoms with Gasteiger partial charge in [-0.05, 0) is 31.0 Å². The van der Waals surface area contributed by atoms with Crippen LogP contribution in [0.3, 0.4) is 0 Å². The summed E-state index contributed by atoms with van der Waals surface area (Å²) in [6.07, 6.45) is 1.99. The van der Waals surface area contributed by atoms with Crippen molar-refractivity contribution in [2.24, 2.45) is 0 Å². The Balaban J connectivity index is 3.09. The molecule has 98 valence electrons. The van der Waals surface area contributed by atoms with Crippen LogP contribution < -0.4 is 4.90 Å². The number of anilines is 1. The second-order valence-corrected chi connectivity index (χ2v) is 4.57. The Kier molecular flexibility index (Phi) is 5.97. The van der Waals surface area contributed by atoms with Crippen LogP contribution in [-0.4, -0.2) is 24.3 Å². The number of nitrogens with zero attached hydrogens (tertiary/aromatic N) is 2. The molecule has 0 fully saturated rings. The van der Waals surface area contributed by atoms with Gasteiger partial charge in [0, 0.05) is 12.6 Å². The zero-order valence-corrected chi connectivity index (χ0v) is 11.6. The zero-order chi connectivity index (χ0) is 13.5. The smallest absolute Gasteiger partial charge is 0.0992 e. The average Bonchev–Trinajstić information content (AvgIpc) is 2.39. The van der Waals surface area contributed by atoms with Crippen LogP contribution in [0, 0.1) is 11.3 Å². The second kappa shape index (κ2) is 7.25. The fraction of sp³-hybridized carbons (Fsp3) is 0.500. The highest BCUT2D eigenvalue weighted by Crippen LogP contribution is 2.29. The molecule has 0 atom stereocenters. The van der Waals surface area contributed by atoms with Crippen molar-refractivity contribution in [3.8, 4) is 6.07 Å². The molecule has 0 spiro atoms. The molecule has 0 unspecified atom stereocenters. The van der Waals surface area contributed by atoms with Crippen molar-refractivity contribution in [2.45, 2.75) is 32.7 Å². The standard InChI is InChI=1S/C14H19ClN2O/c1-3-12(4-2)17(7-8-18)14-6-5-11(10-16)9-13(14)15/h5-6,9,12,18H,3-4,7-8H2,1-2H3. The van der Waals surface area contributed by atoms with Crippen molar-refractivity contribution in [3.63, 3.8) is 0 Å². The number of aliphatic hydroxyl groups is 1. The third kappa shape index (κ3) is 3.38. The topological polar surface area (TPSA) is 47.3 Å². The molecule has 18 heavy (non-hydrogen) atoms. The highest BCUT2D eigenvalue weighted by atomic mass is 35.5. The van der Waals surface area contributed by atoms with Gasteiger partial charge in [0.15, 0.2) is 0 Å². The first-order valence-electron chi connectivity index (χ1n) is 6.25. The predicted octanol–water partition coefficient (Wildman–Crippen LogP) is 3.20. The van der Waals surface area contributed by atoms with Crippen molar-refractivity contribution in [3.05, 3.63) is 28.8 Å². The van der Waals surface area contributed by atoms with Gasteiger partial charge in [-0.3, -0.25) is 0 Å². The number of halogens is 1. The molecular formula is C14H19ClN2O. The van der Waals surface area contributed by atoms with Gasteiger partial charge in [0.1, 0.15) is 0 Å². The molecule has 0 radical (unpaired) electrons. The van der Waals surface area contributed by atoms with E-state index in [2.05, 4.69) is 24.8 Å². The Morgan fingerprint density at radius 1 is 1.39 bits per heavy atom. The van der Waals surface area contributed by atoms with Crippen LogP contribution >= 0.6 is 11.6 Å². The average molecular weight is 267 g/mol. The lowest BCUT2D eigenvalue weighted by molar-refractivity contribution is 0.296. The largest absolute Gasteiger partial charge is 0.395 e. The lowest BCUT2D eigenvalue weighted by Crippen LogP contribution is -2.37. The Morgan fingerprint density at radius 3 is 2.50 bits per heavy atom.